The van der Waals surface area contributed by atoms with Crippen molar-refractivity contribution in [2.75, 3.05) is 19.2 Å². The summed E-state index contributed by atoms with van der Waals surface area (Å²) in [6.07, 6.45) is 2.04. The van der Waals surface area contributed by atoms with Crippen LogP contribution in [0, 0.1) is 0 Å². The largest absolute Gasteiger partial charge is 0.497 e. The van der Waals surface area contributed by atoms with Crippen molar-refractivity contribution in [3.8, 4) is 28.6 Å². The molecule has 0 bridgehead atoms. The van der Waals surface area contributed by atoms with Crippen LogP contribution < -0.4 is 19.5 Å². The molecule has 0 aliphatic carbocycles. The van der Waals surface area contributed by atoms with Crippen LogP contribution in [0.5, 0.6) is 17.2 Å². The number of carbonyl (C=O) groups excluding carboxylic acids is 1. The highest BCUT2D eigenvalue weighted by Gasteiger charge is 2.22. The lowest BCUT2D eigenvalue weighted by molar-refractivity contribution is -0.115. The van der Waals surface area contributed by atoms with Gasteiger partial charge in [-0.05, 0) is 49.7 Å². The summed E-state index contributed by atoms with van der Waals surface area (Å²) >= 11 is 1.39. The summed E-state index contributed by atoms with van der Waals surface area (Å²) in [5, 5.41) is 12.1. The molecule has 0 spiro atoms. The number of nitrogens with one attached hydrogen (secondary N) is 1. The second kappa shape index (κ2) is 9.95. The number of methoxy groups -OCH3 is 1. The number of fused-ring (bicyclic) bond motifs is 1. The van der Waals surface area contributed by atoms with E-state index in [1.54, 1.807) is 25.3 Å². The first-order valence-electron chi connectivity index (χ1n) is 10.5. The van der Waals surface area contributed by atoms with Crippen LogP contribution in [0.25, 0.3) is 11.4 Å². The number of hydrogen-bond acceptors (Lipinski definition) is 7. The average molecular weight is 455 g/mol. The Labute approximate surface area is 191 Å². The smallest absolute Gasteiger partial charge is 0.237 e. The molecule has 1 N–H and O–H groups in total. The number of carbonyl (C=O) groups is 1. The van der Waals surface area contributed by atoms with Gasteiger partial charge in [-0.1, -0.05) is 25.1 Å². The molecule has 0 saturated heterocycles. The number of thioether (sulfide) groups is 1. The van der Waals surface area contributed by atoms with Gasteiger partial charge in [-0.15, -0.1) is 10.2 Å². The van der Waals surface area contributed by atoms with Gasteiger partial charge < -0.3 is 24.1 Å². The van der Waals surface area contributed by atoms with E-state index < -0.39 is 0 Å². The lowest BCUT2D eigenvalue weighted by Gasteiger charge is -2.14. The fourth-order valence-corrected chi connectivity index (χ4v) is 4.15. The minimum atomic E-state index is -0.367. The lowest BCUT2D eigenvalue weighted by Crippen LogP contribution is -2.23. The highest BCUT2D eigenvalue weighted by Crippen LogP contribution is 2.35. The summed E-state index contributed by atoms with van der Waals surface area (Å²) in [7, 11) is 1.64. The number of benzene rings is 2. The Bertz CT molecular complexity index is 1080. The van der Waals surface area contributed by atoms with Crippen LogP contribution in [0.15, 0.2) is 47.6 Å². The van der Waals surface area contributed by atoms with Crippen molar-refractivity contribution in [3.63, 3.8) is 0 Å². The molecule has 32 heavy (non-hydrogen) atoms. The van der Waals surface area contributed by atoms with Crippen LogP contribution in [0.4, 0.5) is 5.69 Å². The molecular weight excluding hydrogens is 428 g/mol. The highest BCUT2D eigenvalue weighted by molar-refractivity contribution is 8.00. The van der Waals surface area contributed by atoms with Crippen molar-refractivity contribution in [2.24, 2.45) is 0 Å². The monoisotopic (exact) mass is 454 g/mol. The summed E-state index contributed by atoms with van der Waals surface area (Å²) in [5.74, 6) is 2.76. The van der Waals surface area contributed by atoms with Gasteiger partial charge in [0.05, 0.1) is 12.4 Å². The van der Waals surface area contributed by atoms with Gasteiger partial charge in [0.1, 0.15) is 5.75 Å². The maximum Gasteiger partial charge on any atom is 0.237 e. The summed E-state index contributed by atoms with van der Waals surface area (Å²) in [5.41, 5.74) is 1.62. The van der Waals surface area contributed by atoms with Crippen molar-refractivity contribution >= 4 is 23.4 Å². The van der Waals surface area contributed by atoms with Crippen LogP contribution >= 0.6 is 11.8 Å². The van der Waals surface area contributed by atoms with Gasteiger partial charge in [0, 0.05) is 23.9 Å². The number of amides is 1. The third-order valence-electron chi connectivity index (χ3n) is 5.09. The summed E-state index contributed by atoms with van der Waals surface area (Å²) < 4.78 is 18.0. The van der Waals surface area contributed by atoms with E-state index in [0.717, 1.165) is 41.7 Å². The van der Waals surface area contributed by atoms with Gasteiger partial charge in [0.2, 0.25) is 12.7 Å². The normalized spacial score (nSPS) is 13.1. The van der Waals surface area contributed by atoms with Crippen molar-refractivity contribution in [2.45, 2.75) is 43.6 Å². The summed E-state index contributed by atoms with van der Waals surface area (Å²) in [6.45, 7) is 4.98. The van der Waals surface area contributed by atoms with Gasteiger partial charge in [-0.25, -0.2) is 0 Å². The zero-order chi connectivity index (χ0) is 22.5. The van der Waals surface area contributed by atoms with E-state index >= 15 is 0 Å². The van der Waals surface area contributed by atoms with Crippen LogP contribution in [-0.2, 0) is 11.3 Å². The molecule has 0 unspecified atom stereocenters. The van der Waals surface area contributed by atoms with Crippen LogP contribution in [0.1, 0.15) is 26.7 Å². The molecule has 1 aromatic heterocycles. The number of hydrogen-bond donors (Lipinski definition) is 1. The molecule has 3 aromatic rings. The molecule has 9 heteroatoms. The van der Waals surface area contributed by atoms with E-state index in [-0.39, 0.29) is 18.0 Å². The minimum Gasteiger partial charge on any atom is -0.497 e. The van der Waals surface area contributed by atoms with E-state index in [9.17, 15) is 4.79 Å². The zero-order valence-corrected chi connectivity index (χ0v) is 19.1. The second-order valence-corrected chi connectivity index (χ2v) is 8.67. The third kappa shape index (κ3) is 4.83. The number of nitrogens with zero attached hydrogens (tertiary/aromatic N) is 3. The van der Waals surface area contributed by atoms with E-state index in [2.05, 4.69) is 27.0 Å². The first-order chi connectivity index (χ1) is 15.6. The second-order valence-electron chi connectivity index (χ2n) is 7.36. The number of aromatic nitrogens is 3. The number of anilines is 1. The predicted molar refractivity (Wildman–Crippen MR) is 123 cm³/mol. The quantitative estimate of drug-likeness (QED) is 0.473. The molecule has 8 nitrogen and oxygen atoms in total. The first-order valence-corrected chi connectivity index (χ1v) is 11.4. The van der Waals surface area contributed by atoms with Gasteiger partial charge in [0.25, 0.3) is 0 Å². The molecule has 1 amide bonds. The van der Waals surface area contributed by atoms with Gasteiger partial charge in [-0.2, -0.15) is 0 Å². The number of ether oxygens (including phenoxy) is 3. The van der Waals surface area contributed by atoms with Crippen LogP contribution in [0.3, 0.4) is 0 Å². The minimum absolute atomic E-state index is 0.120. The van der Waals surface area contributed by atoms with E-state index in [1.165, 1.54) is 11.8 Å². The molecule has 1 aliphatic rings. The van der Waals surface area contributed by atoms with Crippen molar-refractivity contribution < 1.29 is 19.0 Å². The number of rotatable bonds is 9. The predicted octanol–water partition coefficient (Wildman–Crippen LogP) is 4.60. The summed E-state index contributed by atoms with van der Waals surface area (Å²) in [4.78, 5) is 12.8. The maximum atomic E-state index is 12.8. The maximum absolute atomic E-state index is 12.8. The average Bonchev–Trinajstić information content (AvgIpc) is 3.44. The van der Waals surface area contributed by atoms with Crippen molar-refractivity contribution in [1.82, 2.24) is 14.8 Å². The van der Waals surface area contributed by atoms with Crippen LogP contribution in [0.2, 0.25) is 0 Å². The highest BCUT2D eigenvalue weighted by atomic mass is 32.2. The molecular formula is C23H26N4O4S. The standard InChI is InChI=1S/C23H26N4O4S/c1-4-5-12-27-21(16-6-9-18(29-3)10-7-16)25-26-23(27)32-15(2)22(28)24-17-8-11-19-20(13-17)31-14-30-19/h6-11,13,15H,4-5,12,14H2,1-3H3,(H,24,28)/t15-/m1/s1. The fourth-order valence-electron chi connectivity index (χ4n) is 3.28. The Morgan fingerprint density at radius 2 is 1.97 bits per heavy atom. The number of unbranched alkanes of at least 4 members (excludes halogenated alkanes) is 1. The molecule has 0 radical (unpaired) electrons. The molecule has 0 fully saturated rings. The Balaban J connectivity index is 1.49. The molecule has 1 atom stereocenters. The Hall–Kier alpha value is -3.20. The topological polar surface area (TPSA) is 87.5 Å². The SMILES string of the molecule is CCCCn1c(S[C@H](C)C(=O)Nc2ccc3c(c2)OCO3)nnc1-c1ccc(OC)cc1. The summed E-state index contributed by atoms with van der Waals surface area (Å²) in [6, 6.07) is 13.1. The van der Waals surface area contributed by atoms with E-state index in [1.807, 2.05) is 31.2 Å². The van der Waals surface area contributed by atoms with Gasteiger partial charge in [-0.3, -0.25) is 4.79 Å². The molecule has 168 valence electrons. The molecule has 0 saturated carbocycles. The van der Waals surface area contributed by atoms with Crippen molar-refractivity contribution in [1.29, 1.82) is 0 Å². The molecule has 4 rings (SSSR count). The fraction of sp³-hybridized carbons (Fsp3) is 0.348. The zero-order valence-electron chi connectivity index (χ0n) is 18.3. The Morgan fingerprint density at radius 3 is 2.72 bits per heavy atom. The van der Waals surface area contributed by atoms with Gasteiger partial charge in [0.15, 0.2) is 22.5 Å². The molecule has 2 heterocycles. The Morgan fingerprint density at radius 1 is 1.19 bits per heavy atom. The van der Waals surface area contributed by atoms with Gasteiger partial charge >= 0.3 is 0 Å². The molecule has 2 aromatic carbocycles. The molecule has 1 aliphatic heterocycles. The lowest BCUT2D eigenvalue weighted by atomic mass is 10.2. The van der Waals surface area contributed by atoms with Crippen molar-refractivity contribution in [3.05, 3.63) is 42.5 Å². The first kappa shape index (κ1) is 22.0. The third-order valence-corrected chi connectivity index (χ3v) is 6.17. The van der Waals surface area contributed by atoms with Crippen LogP contribution in [-0.4, -0.2) is 39.8 Å². The van der Waals surface area contributed by atoms with E-state index in [4.69, 9.17) is 14.2 Å². The Kier molecular flexibility index (Phi) is 6.84. The van der Waals surface area contributed by atoms with E-state index in [0.29, 0.717) is 17.2 Å².